The topological polar surface area (TPSA) is 80.7 Å². The maximum atomic E-state index is 12.4. The first-order chi connectivity index (χ1) is 11.6. The Morgan fingerprint density at radius 1 is 1.16 bits per heavy atom. The predicted molar refractivity (Wildman–Crippen MR) is 93.0 cm³/mol. The molecule has 0 radical (unpaired) electrons. The van der Waals surface area contributed by atoms with E-state index in [2.05, 4.69) is 19.9 Å². The number of ketones is 1. The quantitative estimate of drug-likeness (QED) is 0.598. The van der Waals surface area contributed by atoms with E-state index in [0.717, 1.165) is 38.5 Å². The average Bonchev–Trinajstić information content (AvgIpc) is 2.82. The molecule has 3 fully saturated rings. The van der Waals surface area contributed by atoms with Crippen molar-refractivity contribution in [2.75, 3.05) is 0 Å². The lowest BCUT2D eigenvalue weighted by atomic mass is 9.48. The van der Waals surface area contributed by atoms with Crippen LogP contribution in [-0.4, -0.2) is 24.9 Å². The van der Waals surface area contributed by atoms with Crippen molar-refractivity contribution in [2.45, 2.75) is 58.5 Å². The summed E-state index contributed by atoms with van der Waals surface area (Å²) in [4.78, 5) is 12.4. The normalized spacial score (nSPS) is 46.2. The molecule has 0 aliphatic heterocycles. The van der Waals surface area contributed by atoms with E-state index in [1.807, 2.05) is 6.08 Å². The Morgan fingerprint density at radius 2 is 1.92 bits per heavy atom. The Bertz CT molecular complexity index is 767. The van der Waals surface area contributed by atoms with E-state index < -0.39 is 16.5 Å². The zero-order valence-electron chi connectivity index (χ0n) is 14.8. The molecule has 3 saturated carbocycles. The summed E-state index contributed by atoms with van der Waals surface area (Å²) in [5.41, 5.74) is 0.973. The van der Waals surface area contributed by atoms with Crippen LogP contribution in [0, 0.1) is 28.6 Å². The SMILES string of the molecule is C[C@]12C=C[C@H](OS(=O)(=O)O)C=C1CC[C@@H]1[C@@H]2CC[C@]2(C)C(=O)CC[C@@H]12. The number of carbonyl (C=O) groups is 1. The van der Waals surface area contributed by atoms with Crippen LogP contribution in [-0.2, 0) is 19.4 Å². The number of carbonyl (C=O) groups excluding carboxylic acids is 1. The second-order valence-electron chi connectivity index (χ2n) is 8.66. The molecular formula is C19H26O5S. The van der Waals surface area contributed by atoms with Gasteiger partial charge in [0.1, 0.15) is 11.9 Å². The maximum Gasteiger partial charge on any atom is 0.398 e. The van der Waals surface area contributed by atoms with Crippen molar-refractivity contribution in [3.8, 4) is 0 Å². The predicted octanol–water partition coefficient (Wildman–Crippen LogP) is 3.48. The van der Waals surface area contributed by atoms with Gasteiger partial charge in [-0.25, -0.2) is 4.18 Å². The number of Topliss-reactive ketones (excluding diaryl/α,β-unsaturated/α-hetero) is 1. The standard InChI is InChI=1S/C19H26O5S/c1-18-9-7-13(24-25(21,22)23)11-12(18)3-4-14-15-5-6-17(20)19(15,2)10-8-16(14)18/h7,9,11,13-16H,3-6,8,10H2,1-2H3,(H,21,22,23)/t13-,14-,15-,16-,18-,19-/m0/s1. The van der Waals surface area contributed by atoms with E-state index in [4.69, 9.17) is 8.74 Å². The van der Waals surface area contributed by atoms with Crippen LogP contribution in [0.1, 0.15) is 52.4 Å². The minimum atomic E-state index is -4.46. The number of fused-ring (bicyclic) bond motifs is 5. The van der Waals surface area contributed by atoms with Gasteiger partial charge in [-0.15, -0.1) is 0 Å². The maximum absolute atomic E-state index is 12.4. The minimum absolute atomic E-state index is 0.102. The zero-order valence-corrected chi connectivity index (χ0v) is 15.6. The second-order valence-corrected chi connectivity index (χ2v) is 9.70. The molecule has 0 amide bonds. The summed E-state index contributed by atoms with van der Waals surface area (Å²) in [6.45, 7) is 4.40. The first kappa shape index (κ1) is 17.4. The molecule has 0 heterocycles. The largest absolute Gasteiger partial charge is 0.398 e. The van der Waals surface area contributed by atoms with Crippen molar-refractivity contribution in [1.82, 2.24) is 0 Å². The number of hydrogen-bond donors (Lipinski definition) is 1. The fourth-order valence-electron chi connectivity index (χ4n) is 6.28. The third-order valence-corrected chi connectivity index (χ3v) is 8.05. The van der Waals surface area contributed by atoms with Crippen molar-refractivity contribution in [2.24, 2.45) is 28.6 Å². The molecule has 4 aliphatic carbocycles. The van der Waals surface area contributed by atoms with Gasteiger partial charge in [-0.1, -0.05) is 37.6 Å². The molecule has 4 aliphatic rings. The summed E-state index contributed by atoms with van der Waals surface area (Å²) in [5, 5.41) is 0. The molecule has 0 unspecified atom stereocenters. The van der Waals surface area contributed by atoms with E-state index in [-0.39, 0.29) is 10.8 Å². The average molecular weight is 366 g/mol. The van der Waals surface area contributed by atoms with Gasteiger partial charge in [-0.05, 0) is 49.9 Å². The van der Waals surface area contributed by atoms with Crippen LogP contribution in [0.3, 0.4) is 0 Å². The fraction of sp³-hybridized carbons (Fsp3) is 0.737. The van der Waals surface area contributed by atoms with E-state index in [1.54, 1.807) is 6.08 Å². The Balaban J connectivity index is 1.62. The van der Waals surface area contributed by atoms with Crippen molar-refractivity contribution in [3.63, 3.8) is 0 Å². The van der Waals surface area contributed by atoms with Crippen LogP contribution in [0.15, 0.2) is 23.8 Å². The molecule has 0 saturated heterocycles. The summed E-state index contributed by atoms with van der Waals surface area (Å²) in [7, 11) is -4.46. The van der Waals surface area contributed by atoms with Crippen LogP contribution in [0.2, 0.25) is 0 Å². The fourth-order valence-corrected chi connectivity index (χ4v) is 6.68. The van der Waals surface area contributed by atoms with E-state index in [0.29, 0.717) is 23.5 Å². The molecule has 1 N–H and O–H groups in total. The third kappa shape index (κ3) is 2.64. The zero-order chi connectivity index (χ0) is 18.0. The Labute approximate surface area is 149 Å². The number of allylic oxidation sites excluding steroid dienone is 2. The van der Waals surface area contributed by atoms with Gasteiger partial charge in [0.25, 0.3) is 0 Å². The molecule has 25 heavy (non-hydrogen) atoms. The highest BCUT2D eigenvalue weighted by Gasteiger charge is 2.58. The van der Waals surface area contributed by atoms with Gasteiger partial charge in [-0.3, -0.25) is 9.35 Å². The molecule has 5 nitrogen and oxygen atoms in total. The van der Waals surface area contributed by atoms with Crippen LogP contribution >= 0.6 is 0 Å². The van der Waals surface area contributed by atoms with Crippen LogP contribution in [0.25, 0.3) is 0 Å². The van der Waals surface area contributed by atoms with Gasteiger partial charge >= 0.3 is 10.4 Å². The molecule has 6 atom stereocenters. The van der Waals surface area contributed by atoms with Gasteiger partial charge < -0.3 is 0 Å². The van der Waals surface area contributed by atoms with Gasteiger partial charge in [0, 0.05) is 17.3 Å². The van der Waals surface area contributed by atoms with Gasteiger partial charge in [0.2, 0.25) is 0 Å². The highest BCUT2D eigenvalue weighted by Crippen LogP contribution is 2.63. The van der Waals surface area contributed by atoms with Crippen molar-refractivity contribution in [1.29, 1.82) is 0 Å². The highest BCUT2D eigenvalue weighted by atomic mass is 32.3. The summed E-state index contributed by atoms with van der Waals surface area (Å²) in [6, 6.07) is 0. The molecule has 0 bridgehead atoms. The van der Waals surface area contributed by atoms with E-state index >= 15 is 0 Å². The summed E-state index contributed by atoms with van der Waals surface area (Å²) >= 11 is 0. The summed E-state index contributed by atoms with van der Waals surface area (Å²) < 4.78 is 35.6. The first-order valence-corrected chi connectivity index (χ1v) is 10.6. The minimum Gasteiger partial charge on any atom is -0.299 e. The molecule has 0 aromatic carbocycles. The Kier molecular flexibility index (Phi) is 3.84. The van der Waals surface area contributed by atoms with Crippen LogP contribution in [0.4, 0.5) is 0 Å². The van der Waals surface area contributed by atoms with Gasteiger partial charge in [0.05, 0.1) is 0 Å². The Morgan fingerprint density at radius 3 is 2.64 bits per heavy atom. The summed E-state index contributed by atoms with van der Waals surface area (Å²) in [6.07, 6.45) is 10.6. The monoisotopic (exact) mass is 366 g/mol. The number of rotatable bonds is 2. The Hall–Kier alpha value is -0.980. The third-order valence-electron chi connectivity index (χ3n) is 7.59. The van der Waals surface area contributed by atoms with Crippen LogP contribution < -0.4 is 0 Å². The highest BCUT2D eigenvalue weighted by molar-refractivity contribution is 7.80. The molecule has 0 spiro atoms. The van der Waals surface area contributed by atoms with Crippen LogP contribution in [0.5, 0.6) is 0 Å². The van der Waals surface area contributed by atoms with E-state index in [9.17, 15) is 13.2 Å². The first-order valence-electron chi connectivity index (χ1n) is 9.23. The lowest BCUT2D eigenvalue weighted by Gasteiger charge is -2.55. The molecule has 138 valence electrons. The molecule has 6 heteroatoms. The second kappa shape index (κ2) is 5.51. The lowest BCUT2D eigenvalue weighted by Crippen LogP contribution is -2.49. The lowest BCUT2D eigenvalue weighted by molar-refractivity contribution is -0.131. The van der Waals surface area contributed by atoms with Crippen molar-refractivity contribution >= 4 is 16.2 Å². The molecule has 0 aromatic rings. The smallest absolute Gasteiger partial charge is 0.299 e. The number of hydrogen-bond acceptors (Lipinski definition) is 4. The summed E-state index contributed by atoms with van der Waals surface area (Å²) in [5.74, 6) is 1.97. The molecule has 4 rings (SSSR count). The molecular weight excluding hydrogens is 340 g/mol. The van der Waals surface area contributed by atoms with Gasteiger partial charge in [-0.2, -0.15) is 8.42 Å². The molecule has 0 aromatic heterocycles. The van der Waals surface area contributed by atoms with E-state index in [1.165, 1.54) is 5.57 Å². The van der Waals surface area contributed by atoms with Gasteiger partial charge in [0.15, 0.2) is 0 Å². The van der Waals surface area contributed by atoms with Crippen molar-refractivity contribution in [3.05, 3.63) is 23.8 Å². The van der Waals surface area contributed by atoms with Crippen molar-refractivity contribution < 1.29 is 21.9 Å².